The zero-order valence-corrected chi connectivity index (χ0v) is 9.92. The van der Waals surface area contributed by atoms with Crippen LogP contribution in [0.1, 0.15) is 27.7 Å². The Bertz CT molecular complexity index is 163. The zero-order chi connectivity index (χ0) is 9.98. The summed E-state index contributed by atoms with van der Waals surface area (Å²) in [5.41, 5.74) is 2.24. The summed E-state index contributed by atoms with van der Waals surface area (Å²) in [4.78, 5) is 0. The molecular weight excluding hydrogens is 200 g/mol. The van der Waals surface area contributed by atoms with E-state index in [0.29, 0.717) is 0 Å². The van der Waals surface area contributed by atoms with Gasteiger partial charge in [-0.25, -0.2) is 23.3 Å². The van der Waals surface area contributed by atoms with E-state index in [-0.39, 0.29) is 17.1 Å². The zero-order valence-electron chi connectivity index (χ0n) is 8.82. The minimum absolute atomic E-state index is 0. The van der Waals surface area contributed by atoms with E-state index in [1.54, 1.807) is 12.2 Å². The fourth-order valence-electron chi connectivity index (χ4n) is 0.192. The Morgan fingerprint density at radius 1 is 0.846 bits per heavy atom. The molecule has 0 aliphatic rings. The molecule has 0 rings (SSSR count). The van der Waals surface area contributed by atoms with Gasteiger partial charge in [-0.2, -0.15) is 12.2 Å². The monoisotopic (exact) mass is 218 g/mol. The predicted molar refractivity (Wildman–Crippen MR) is 56.6 cm³/mol. The molecule has 74 valence electrons. The Hall–Kier alpha value is -0.521. The first-order chi connectivity index (χ1) is 5.62. The molecule has 0 bridgehead atoms. The molecule has 0 aliphatic heterocycles. The fraction of sp³-hybridized carbons (Fsp3) is 0.333. The average Bonchev–Trinajstić information content (AvgIpc) is 2.16. The molecule has 0 amide bonds. The molecule has 0 atom stereocenters. The summed E-state index contributed by atoms with van der Waals surface area (Å²) >= 11 is 0. The second kappa shape index (κ2) is 14.0. The summed E-state index contributed by atoms with van der Waals surface area (Å²) in [7, 11) is 0. The van der Waals surface area contributed by atoms with E-state index in [4.69, 9.17) is 13.2 Å². The normalized spacial score (nSPS) is 10.5. The van der Waals surface area contributed by atoms with Crippen LogP contribution < -0.4 is 0 Å². The van der Waals surface area contributed by atoms with Gasteiger partial charge < -0.3 is 0 Å². The van der Waals surface area contributed by atoms with Crippen LogP contribution in [-0.4, -0.2) is 0 Å². The van der Waals surface area contributed by atoms with Crippen molar-refractivity contribution in [3.05, 3.63) is 48.6 Å². The molecular formula is C12H18Fe. The molecule has 1 heteroatoms. The van der Waals surface area contributed by atoms with Crippen LogP contribution in [0.25, 0.3) is 0 Å². The van der Waals surface area contributed by atoms with Gasteiger partial charge in [-0.15, -0.1) is 13.8 Å². The number of hydrogen-bond acceptors (Lipinski definition) is 0. The third-order valence-electron chi connectivity index (χ3n) is 1.44. The molecule has 0 nitrogen and oxygen atoms in total. The summed E-state index contributed by atoms with van der Waals surface area (Å²) in [5.74, 6) is 0. The molecule has 0 saturated heterocycles. The Morgan fingerprint density at radius 2 is 1.08 bits per heavy atom. The number of hydrogen-bond donors (Lipinski definition) is 0. The van der Waals surface area contributed by atoms with Gasteiger partial charge in [0.25, 0.3) is 0 Å². The first-order valence-corrected chi connectivity index (χ1v) is 3.98. The summed E-state index contributed by atoms with van der Waals surface area (Å²) in [5, 5.41) is 0. The van der Waals surface area contributed by atoms with Crippen LogP contribution >= 0.6 is 0 Å². The van der Waals surface area contributed by atoms with Crippen LogP contribution in [0.3, 0.4) is 0 Å². The molecule has 13 heavy (non-hydrogen) atoms. The van der Waals surface area contributed by atoms with Gasteiger partial charge in [0.15, 0.2) is 0 Å². The molecule has 0 N–H and O–H groups in total. The van der Waals surface area contributed by atoms with E-state index in [0.717, 1.165) is 11.1 Å². The summed E-state index contributed by atoms with van der Waals surface area (Å²) in [6, 6.07) is 0. The van der Waals surface area contributed by atoms with E-state index in [1.807, 2.05) is 39.8 Å². The molecule has 0 aromatic heterocycles. The van der Waals surface area contributed by atoms with Crippen LogP contribution in [-0.2, 0) is 17.1 Å². The maximum absolute atomic E-state index is 5.09. The molecule has 0 aromatic rings. The van der Waals surface area contributed by atoms with E-state index in [2.05, 4.69) is 0 Å². The second-order valence-electron chi connectivity index (χ2n) is 2.40. The van der Waals surface area contributed by atoms with Gasteiger partial charge in [-0.1, -0.05) is 13.8 Å². The fourth-order valence-corrected chi connectivity index (χ4v) is 0.192. The van der Waals surface area contributed by atoms with Crippen molar-refractivity contribution in [2.75, 3.05) is 0 Å². The second-order valence-corrected chi connectivity index (χ2v) is 2.40. The largest absolute Gasteiger partial charge is 2.00 e. The smallest absolute Gasteiger partial charge is 0.293 e. The van der Waals surface area contributed by atoms with E-state index >= 15 is 0 Å². The van der Waals surface area contributed by atoms with Crippen LogP contribution in [0.15, 0.2) is 35.5 Å². The van der Waals surface area contributed by atoms with Crippen LogP contribution in [0.5, 0.6) is 0 Å². The minimum atomic E-state index is 0. The van der Waals surface area contributed by atoms with Crippen LogP contribution in [0.2, 0.25) is 0 Å². The van der Waals surface area contributed by atoms with Crippen LogP contribution in [0, 0.1) is 13.2 Å². The maximum atomic E-state index is 5.09. The summed E-state index contributed by atoms with van der Waals surface area (Å²) in [6.07, 6.45) is 7.08. The molecule has 0 fully saturated rings. The minimum Gasteiger partial charge on any atom is -0.293 e. The van der Waals surface area contributed by atoms with Gasteiger partial charge in [0.1, 0.15) is 0 Å². The number of allylic oxidation sites excluding steroid dienone is 6. The first kappa shape index (κ1) is 18.3. The van der Waals surface area contributed by atoms with Crippen molar-refractivity contribution in [3.63, 3.8) is 0 Å². The Kier molecular flexibility index (Phi) is 19.7. The quantitative estimate of drug-likeness (QED) is 0.375. The van der Waals surface area contributed by atoms with E-state index in [1.165, 1.54) is 0 Å². The van der Waals surface area contributed by atoms with Crippen molar-refractivity contribution in [2.24, 2.45) is 0 Å². The van der Waals surface area contributed by atoms with Crippen molar-refractivity contribution in [1.29, 1.82) is 0 Å². The van der Waals surface area contributed by atoms with E-state index in [9.17, 15) is 0 Å². The van der Waals surface area contributed by atoms with Gasteiger partial charge in [0, 0.05) is 0 Å². The van der Waals surface area contributed by atoms with Crippen molar-refractivity contribution >= 4 is 0 Å². The molecule has 0 spiro atoms. The van der Waals surface area contributed by atoms with Gasteiger partial charge >= 0.3 is 17.1 Å². The molecule has 0 unspecified atom stereocenters. The Morgan fingerprint density at radius 3 is 1.08 bits per heavy atom. The maximum Gasteiger partial charge on any atom is 2.00 e. The van der Waals surface area contributed by atoms with Crippen molar-refractivity contribution in [1.82, 2.24) is 0 Å². The van der Waals surface area contributed by atoms with Crippen molar-refractivity contribution in [3.8, 4) is 0 Å². The first-order valence-electron chi connectivity index (χ1n) is 3.98. The average molecular weight is 218 g/mol. The summed E-state index contributed by atoms with van der Waals surface area (Å²) < 4.78 is 0. The Labute approximate surface area is 93.6 Å². The number of rotatable bonds is 2. The topological polar surface area (TPSA) is 0 Å². The standard InChI is InChI=1S/2C6H9.Fe/c2*1-4-6(3)5-2;/h2*1,4-5H,2-3H3;/q2*-1;+2. The third kappa shape index (κ3) is 18.4. The molecule has 0 heterocycles. The Balaban J connectivity index is -0.000000143. The van der Waals surface area contributed by atoms with Crippen molar-refractivity contribution < 1.29 is 17.1 Å². The van der Waals surface area contributed by atoms with Gasteiger partial charge in [-0.05, 0) is 0 Å². The molecule has 0 aromatic carbocycles. The third-order valence-corrected chi connectivity index (χ3v) is 1.44. The SMILES string of the molecule is [CH-]=CC(C)=CC.[CH-]=CC(C)=CC.[Fe+2]. The van der Waals surface area contributed by atoms with Crippen LogP contribution in [0.4, 0.5) is 0 Å². The molecule has 0 saturated carbocycles. The molecule has 0 aliphatic carbocycles. The van der Waals surface area contributed by atoms with Gasteiger partial charge in [0.05, 0.1) is 0 Å². The van der Waals surface area contributed by atoms with Gasteiger partial charge in [-0.3, -0.25) is 13.2 Å². The molecule has 0 radical (unpaired) electrons. The van der Waals surface area contributed by atoms with Gasteiger partial charge in [0.2, 0.25) is 0 Å². The summed E-state index contributed by atoms with van der Waals surface area (Å²) in [6.45, 7) is 18.0. The van der Waals surface area contributed by atoms with E-state index < -0.39 is 0 Å². The predicted octanol–water partition coefficient (Wildman–Crippen LogP) is 3.88. The van der Waals surface area contributed by atoms with Crippen molar-refractivity contribution in [2.45, 2.75) is 27.7 Å².